The first-order chi connectivity index (χ1) is 14.4. The van der Waals surface area contributed by atoms with Gasteiger partial charge in [0, 0.05) is 17.7 Å². The molecule has 0 saturated carbocycles. The van der Waals surface area contributed by atoms with Crippen molar-refractivity contribution in [2.75, 3.05) is 27.9 Å². The Hall–Kier alpha value is -3.68. The standard InChI is InChI=1S/C22H26N2O6/c1-14-7-6-8-15(2)22(14)30-13-21(26)24-23-20(25)10-9-16-11-18(28-4)19(29-5)12-17(16)27-3/h6-12H,13H2,1-5H3,(H,23,25)(H,24,26)/b10-9+. The lowest BCUT2D eigenvalue weighted by Gasteiger charge is -2.12. The fourth-order valence-electron chi connectivity index (χ4n) is 2.72. The maximum absolute atomic E-state index is 12.0. The van der Waals surface area contributed by atoms with Crippen LogP contribution >= 0.6 is 0 Å². The molecule has 2 N–H and O–H groups in total. The molecule has 0 bridgehead atoms. The largest absolute Gasteiger partial charge is 0.496 e. The number of nitrogens with one attached hydrogen (secondary N) is 2. The SMILES string of the molecule is COc1cc(OC)c(OC)cc1/C=C/C(=O)NNC(=O)COc1c(C)cccc1C. The van der Waals surface area contributed by atoms with Crippen molar-refractivity contribution in [3.05, 3.63) is 53.1 Å². The smallest absolute Gasteiger partial charge is 0.276 e. The van der Waals surface area contributed by atoms with Gasteiger partial charge < -0.3 is 18.9 Å². The predicted octanol–water partition coefficient (Wildman–Crippen LogP) is 2.57. The second-order valence-corrected chi connectivity index (χ2v) is 6.33. The quantitative estimate of drug-likeness (QED) is 0.509. The van der Waals surface area contributed by atoms with Crippen LogP contribution in [0, 0.1) is 13.8 Å². The number of carbonyl (C=O) groups excluding carboxylic acids is 2. The molecule has 2 rings (SSSR count). The van der Waals surface area contributed by atoms with Crippen molar-refractivity contribution in [3.63, 3.8) is 0 Å². The summed E-state index contributed by atoms with van der Waals surface area (Å²) in [7, 11) is 4.54. The molecule has 8 nitrogen and oxygen atoms in total. The van der Waals surface area contributed by atoms with Crippen molar-refractivity contribution in [1.82, 2.24) is 10.9 Å². The van der Waals surface area contributed by atoms with Gasteiger partial charge in [-0.25, -0.2) is 0 Å². The van der Waals surface area contributed by atoms with Crippen LogP contribution in [0.4, 0.5) is 0 Å². The minimum absolute atomic E-state index is 0.223. The summed E-state index contributed by atoms with van der Waals surface area (Å²) in [5.41, 5.74) is 7.08. The normalized spacial score (nSPS) is 10.4. The summed E-state index contributed by atoms with van der Waals surface area (Å²) in [6.07, 6.45) is 2.80. The molecule has 0 fully saturated rings. The number of carbonyl (C=O) groups is 2. The molecule has 0 spiro atoms. The molecule has 0 radical (unpaired) electrons. The van der Waals surface area contributed by atoms with Crippen LogP contribution in [-0.4, -0.2) is 39.8 Å². The van der Waals surface area contributed by atoms with E-state index >= 15 is 0 Å². The average Bonchev–Trinajstić information content (AvgIpc) is 2.75. The molecule has 8 heteroatoms. The van der Waals surface area contributed by atoms with Gasteiger partial charge in [-0.05, 0) is 37.1 Å². The zero-order valence-corrected chi connectivity index (χ0v) is 17.7. The molecule has 2 amide bonds. The number of para-hydroxylation sites is 1. The first-order valence-corrected chi connectivity index (χ1v) is 9.15. The molecule has 0 atom stereocenters. The molecule has 0 aliphatic rings. The van der Waals surface area contributed by atoms with Crippen LogP contribution in [0.15, 0.2) is 36.4 Å². The third kappa shape index (κ3) is 5.91. The second-order valence-electron chi connectivity index (χ2n) is 6.33. The molecule has 160 valence electrons. The number of methoxy groups -OCH3 is 3. The van der Waals surface area contributed by atoms with Crippen molar-refractivity contribution < 1.29 is 28.5 Å². The summed E-state index contributed by atoms with van der Waals surface area (Å²) in [5.74, 6) is 1.15. The molecule has 0 heterocycles. The number of hydrazine groups is 1. The minimum Gasteiger partial charge on any atom is -0.496 e. The maximum Gasteiger partial charge on any atom is 0.276 e. The minimum atomic E-state index is -0.521. The monoisotopic (exact) mass is 414 g/mol. The molecule has 30 heavy (non-hydrogen) atoms. The predicted molar refractivity (Wildman–Crippen MR) is 113 cm³/mol. The number of aryl methyl sites for hydroxylation is 2. The Balaban J connectivity index is 1.92. The van der Waals surface area contributed by atoms with Gasteiger partial charge in [-0.15, -0.1) is 0 Å². The van der Waals surface area contributed by atoms with Crippen LogP contribution in [0.25, 0.3) is 6.08 Å². The van der Waals surface area contributed by atoms with E-state index in [0.29, 0.717) is 28.6 Å². The maximum atomic E-state index is 12.0. The highest BCUT2D eigenvalue weighted by Gasteiger charge is 2.11. The lowest BCUT2D eigenvalue weighted by Crippen LogP contribution is -2.43. The van der Waals surface area contributed by atoms with E-state index in [9.17, 15) is 9.59 Å². The van der Waals surface area contributed by atoms with Gasteiger partial charge in [-0.1, -0.05) is 18.2 Å². The Labute approximate surface area is 175 Å². The highest BCUT2D eigenvalue weighted by molar-refractivity contribution is 5.93. The fraction of sp³-hybridized carbons (Fsp3) is 0.273. The first-order valence-electron chi connectivity index (χ1n) is 9.15. The first kappa shape index (κ1) is 22.6. The molecular weight excluding hydrogens is 388 g/mol. The number of hydrogen-bond donors (Lipinski definition) is 2. The van der Waals surface area contributed by atoms with E-state index in [2.05, 4.69) is 10.9 Å². The van der Waals surface area contributed by atoms with Gasteiger partial charge in [0.1, 0.15) is 11.5 Å². The van der Waals surface area contributed by atoms with Gasteiger partial charge in [-0.3, -0.25) is 20.4 Å². The average molecular weight is 414 g/mol. The van der Waals surface area contributed by atoms with Gasteiger partial charge in [-0.2, -0.15) is 0 Å². The Bertz CT molecular complexity index is 919. The molecule has 0 aliphatic heterocycles. The van der Waals surface area contributed by atoms with E-state index in [4.69, 9.17) is 18.9 Å². The number of benzene rings is 2. The molecule has 0 saturated heterocycles. The molecule has 0 unspecified atom stereocenters. The van der Waals surface area contributed by atoms with Crippen molar-refractivity contribution in [2.45, 2.75) is 13.8 Å². The molecule has 0 aliphatic carbocycles. The van der Waals surface area contributed by atoms with E-state index < -0.39 is 11.8 Å². The van der Waals surface area contributed by atoms with E-state index in [1.54, 1.807) is 12.1 Å². The summed E-state index contributed by atoms with van der Waals surface area (Å²) in [6.45, 7) is 3.57. The molecule has 2 aromatic carbocycles. The van der Waals surface area contributed by atoms with Crippen LogP contribution in [0.1, 0.15) is 16.7 Å². The summed E-state index contributed by atoms with van der Waals surface area (Å²) in [4.78, 5) is 24.0. The topological polar surface area (TPSA) is 95.1 Å². The highest BCUT2D eigenvalue weighted by atomic mass is 16.5. The van der Waals surface area contributed by atoms with Crippen molar-refractivity contribution >= 4 is 17.9 Å². The van der Waals surface area contributed by atoms with Gasteiger partial charge in [0.05, 0.1) is 21.3 Å². The Morgan fingerprint density at radius 1 is 0.900 bits per heavy atom. The van der Waals surface area contributed by atoms with Gasteiger partial charge in [0.2, 0.25) is 0 Å². The van der Waals surface area contributed by atoms with Crippen LogP contribution in [0.2, 0.25) is 0 Å². The van der Waals surface area contributed by atoms with Crippen LogP contribution in [0.5, 0.6) is 23.0 Å². The number of hydrogen-bond acceptors (Lipinski definition) is 6. The third-order valence-electron chi connectivity index (χ3n) is 4.23. The van der Waals surface area contributed by atoms with Crippen molar-refractivity contribution in [3.8, 4) is 23.0 Å². The van der Waals surface area contributed by atoms with Crippen molar-refractivity contribution in [1.29, 1.82) is 0 Å². The van der Waals surface area contributed by atoms with Crippen LogP contribution < -0.4 is 29.8 Å². The second kappa shape index (κ2) is 10.8. The van der Waals surface area contributed by atoms with Gasteiger partial charge in [0.25, 0.3) is 11.8 Å². The Kier molecular flexibility index (Phi) is 8.10. The zero-order chi connectivity index (χ0) is 22.1. The van der Waals surface area contributed by atoms with Crippen LogP contribution in [-0.2, 0) is 9.59 Å². The Morgan fingerprint density at radius 2 is 1.50 bits per heavy atom. The highest BCUT2D eigenvalue weighted by Crippen LogP contribution is 2.35. The third-order valence-corrected chi connectivity index (χ3v) is 4.23. The Morgan fingerprint density at radius 3 is 2.10 bits per heavy atom. The summed E-state index contributed by atoms with van der Waals surface area (Å²) >= 11 is 0. The van der Waals surface area contributed by atoms with Gasteiger partial charge in [0.15, 0.2) is 18.1 Å². The number of ether oxygens (including phenoxy) is 4. The van der Waals surface area contributed by atoms with Crippen molar-refractivity contribution in [2.24, 2.45) is 0 Å². The fourth-order valence-corrected chi connectivity index (χ4v) is 2.72. The summed E-state index contributed by atoms with van der Waals surface area (Å²) < 4.78 is 21.3. The number of amides is 2. The lowest BCUT2D eigenvalue weighted by molar-refractivity contribution is -0.128. The molecule has 0 aromatic heterocycles. The van der Waals surface area contributed by atoms with Gasteiger partial charge >= 0.3 is 0 Å². The van der Waals surface area contributed by atoms with Crippen LogP contribution in [0.3, 0.4) is 0 Å². The zero-order valence-electron chi connectivity index (χ0n) is 17.7. The summed E-state index contributed by atoms with van der Waals surface area (Å²) in [6, 6.07) is 9.05. The summed E-state index contributed by atoms with van der Waals surface area (Å²) in [5, 5.41) is 0. The van der Waals surface area contributed by atoms with E-state index in [1.165, 1.54) is 33.5 Å². The lowest BCUT2D eigenvalue weighted by atomic mass is 10.1. The van der Waals surface area contributed by atoms with E-state index in [-0.39, 0.29) is 6.61 Å². The number of rotatable bonds is 8. The molecular formula is C22H26N2O6. The van der Waals surface area contributed by atoms with E-state index in [1.807, 2.05) is 32.0 Å². The molecule has 2 aromatic rings. The van der Waals surface area contributed by atoms with E-state index in [0.717, 1.165) is 11.1 Å².